The number of carbonyl (C=O) groups excluding carboxylic acids is 1. The van der Waals surface area contributed by atoms with Gasteiger partial charge in [0.15, 0.2) is 5.17 Å². The lowest BCUT2D eigenvalue weighted by molar-refractivity contribution is -0.122. The number of aliphatic imine (C=N–C) groups is 1. The van der Waals surface area contributed by atoms with Crippen molar-refractivity contribution < 1.29 is 19.4 Å². The number of hydrogen-bond donors (Lipinski definition) is 1. The van der Waals surface area contributed by atoms with Crippen LogP contribution in [0.1, 0.15) is 28.4 Å². The van der Waals surface area contributed by atoms with Crippen LogP contribution in [0.15, 0.2) is 82.7 Å². The molecule has 0 aromatic heterocycles. The third-order valence-electron chi connectivity index (χ3n) is 5.09. The van der Waals surface area contributed by atoms with Gasteiger partial charge < -0.3 is 9.84 Å². The molecule has 1 heterocycles. The highest BCUT2D eigenvalue weighted by atomic mass is 35.5. The number of thioether (sulfide) groups is 1. The third-order valence-corrected chi connectivity index (χ3v) is 6.47. The van der Waals surface area contributed by atoms with Crippen molar-refractivity contribution in [3.05, 3.63) is 99.4 Å². The van der Waals surface area contributed by atoms with Gasteiger partial charge in [-0.05, 0) is 61.2 Å². The number of ether oxygens (including phenoxy) is 1. The standard InChI is InChI=1S/C26H21ClN2O4S/c1-2-29-24(30)23(34-26(29)28-20-13-11-17(12-14-20)25(31)32)15-18-7-4-6-10-22(18)33-16-19-8-3-5-9-21(19)27/h3-15H,2,16H2,1H3,(H,31,32)/b23-15-,28-26?. The van der Waals surface area contributed by atoms with E-state index in [2.05, 4.69) is 4.99 Å². The minimum atomic E-state index is -1.000. The summed E-state index contributed by atoms with van der Waals surface area (Å²) in [5.74, 6) is -0.504. The van der Waals surface area contributed by atoms with Gasteiger partial charge >= 0.3 is 5.97 Å². The average molecular weight is 493 g/mol. The first-order valence-electron chi connectivity index (χ1n) is 10.5. The molecule has 6 nitrogen and oxygen atoms in total. The van der Waals surface area contributed by atoms with Gasteiger partial charge in [0.1, 0.15) is 12.4 Å². The topological polar surface area (TPSA) is 79.2 Å². The van der Waals surface area contributed by atoms with Crippen LogP contribution in [-0.2, 0) is 11.4 Å². The highest BCUT2D eigenvalue weighted by Crippen LogP contribution is 2.35. The Labute approximate surface area is 206 Å². The molecule has 0 radical (unpaired) electrons. The lowest BCUT2D eigenvalue weighted by Crippen LogP contribution is -2.28. The number of rotatable bonds is 7. The second-order valence-electron chi connectivity index (χ2n) is 7.32. The van der Waals surface area contributed by atoms with Crippen LogP contribution >= 0.6 is 23.4 Å². The fraction of sp³-hybridized carbons (Fsp3) is 0.115. The fourth-order valence-electron chi connectivity index (χ4n) is 3.30. The van der Waals surface area contributed by atoms with Crippen molar-refractivity contribution in [2.24, 2.45) is 4.99 Å². The Morgan fingerprint density at radius 1 is 1.09 bits per heavy atom. The summed E-state index contributed by atoms with van der Waals surface area (Å²) in [7, 11) is 0. The van der Waals surface area contributed by atoms with Gasteiger partial charge in [-0.15, -0.1) is 0 Å². The van der Waals surface area contributed by atoms with E-state index in [0.29, 0.717) is 39.7 Å². The summed E-state index contributed by atoms with van der Waals surface area (Å²) in [5, 5.41) is 10.2. The Morgan fingerprint density at radius 2 is 1.79 bits per heavy atom. The number of halogens is 1. The Hall–Kier alpha value is -3.55. The number of benzene rings is 3. The van der Waals surface area contributed by atoms with E-state index in [-0.39, 0.29) is 11.5 Å². The minimum Gasteiger partial charge on any atom is -0.488 e. The number of carboxylic acids is 1. The van der Waals surface area contributed by atoms with Crippen LogP contribution in [0.2, 0.25) is 5.02 Å². The lowest BCUT2D eigenvalue weighted by Gasteiger charge is -2.12. The molecule has 3 aromatic carbocycles. The van der Waals surface area contributed by atoms with Gasteiger partial charge in [0, 0.05) is 22.7 Å². The zero-order chi connectivity index (χ0) is 24.1. The maximum atomic E-state index is 13.0. The molecule has 0 spiro atoms. The molecular formula is C26H21ClN2O4S. The monoisotopic (exact) mass is 492 g/mol. The second kappa shape index (κ2) is 10.6. The molecule has 0 saturated carbocycles. The Morgan fingerprint density at radius 3 is 2.50 bits per heavy atom. The van der Waals surface area contributed by atoms with E-state index in [1.165, 1.54) is 23.9 Å². The summed E-state index contributed by atoms with van der Waals surface area (Å²) in [5.41, 5.74) is 2.40. The zero-order valence-electron chi connectivity index (χ0n) is 18.3. The van der Waals surface area contributed by atoms with Crippen molar-refractivity contribution in [3.8, 4) is 5.75 Å². The number of amides is 1. The molecule has 0 aliphatic carbocycles. The molecule has 3 aromatic rings. The summed E-state index contributed by atoms with van der Waals surface area (Å²) < 4.78 is 6.01. The van der Waals surface area contributed by atoms with E-state index < -0.39 is 5.97 Å². The highest BCUT2D eigenvalue weighted by molar-refractivity contribution is 8.18. The average Bonchev–Trinajstić information content (AvgIpc) is 3.13. The minimum absolute atomic E-state index is 0.144. The van der Waals surface area contributed by atoms with E-state index in [4.69, 9.17) is 21.4 Å². The van der Waals surface area contributed by atoms with E-state index in [0.717, 1.165) is 11.1 Å². The maximum absolute atomic E-state index is 13.0. The van der Waals surface area contributed by atoms with Gasteiger partial charge in [-0.3, -0.25) is 9.69 Å². The van der Waals surface area contributed by atoms with Crippen LogP contribution in [0.3, 0.4) is 0 Å². The molecule has 0 atom stereocenters. The molecule has 0 unspecified atom stereocenters. The first-order chi connectivity index (χ1) is 16.5. The number of carboxylic acid groups (broad SMARTS) is 1. The smallest absolute Gasteiger partial charge is 0.335 e. The highest BCUT2D eigenvalue weighted by Gasteiger charge is 2.32. The van der Waals surface area contributed by atoms with Crippen LogP contribution in [0.5, 0.6) is 5.75 Å². The quantitative estimate of drug-likeness (QED) is 0.395. The first kappa shape index (κ1) is 23.6. The maximum Gasteiger partial charge on any atom is 0.335 e. The van der Waals surface area contributed by atoms with Crippen molar-refractivity contribution in [3.63, 3.8) is 0 Å². The molecular weight excluding hydrogens is 472 g/mol. The molecule has 34 heavy (non-hydrogen) atoms. The molecule has 172 valence electrons. The predicted molar refractivity (Wildman–Crippen MR) is 136 cm³/mol. The van der Waals surface area contributed by atoms with Crippen molar-refractivity contribution in [2.45, 2.75) is 13.5 Å². The number of hydrogen-bond acceptors (Lipinski definition) is 5. The Kier molecular flexibility index (Phi) is 7.35. The van der Waals surface area contributed by atoms with Gasteiger partial charge in [-0.1, -0.05) is 48.0 Å². The summed E-state index contributed by atoms with van der Waals surface area (Å²) >= 11 is 7.51. The molecule has 1 saturated heterocycles. The zero-order valence-corrected chi connectivity index (χ0v) is 19.8. The van der Waals surface area contributed by atoms with Crippen molar-refractivity contribution in [2.75, 3.05) is 6.54 Å². The second-order valence-corrected chi connectivity index (χ2v) is 8.74. The lowest BCUT2D eigenvalue weighted by atomic mass is 10.1. The van der Waals surface area contributed by atoms with Gasteiger partial charge in [0.05, 0.1) is 16.2 Å². The van der Waals surface area contributed by atoms with E-state index in [1.54, 1.807) is 23.1 Å². The van der Waals surface area contributed by atoms with Gasteiger partial charge in [-0.25, -0.2) is 9.79 Å². The summed E-state index contributed by atoms with van der Waals surface area (Å²) in [6.45, 7) is 2.64. The molecule has 8 heteroatoms. The SMILES string of the molecule is CCN1C(=O)/C(=C/c2ccccc2OCc2ccccc2Cl)SC1=Nc1ccc(C(=O)O)cc1. The number of carbonyl (C=O) groups is 2. The van der Waals surface area contributed by atoms with E-state index >= 15 is 0 Å². The molecule has 1 aliphatic rings. The Balaban J connectivity index is 1.58. The largest absolute Gasteiger partial charge is 0.488 e. The molecule has 1 aliphatic heterocycles. The van der Waals surface area contributed by atoms with Crippen LogP contribution in [0, 0.1) is 0 Å². The van der Waals surface area contributed by atoms with Gasteiger partial charge in [0.25, 0.3) is 5.91 Å². The van der Waals surface area contributed by atoms with E-state index in [1.807, 2.05) is 55.5 Å². The summed E-state index contributed by atoms with van der Waals surface area (Å²) in [6.07, 6.45) is 1.80. The molecule has 1 fully saturated rings. The van der Waals surface area contributed by atoms with Crippen LogP contribution in [-0.4, -0.2) is 33.6 Å². The number of aromatic carboxylic acids is 1. The fourth-order valence-corrected chi connectivity index (χ4v) is 4.55. The molecule has 4 rings (SSSR count). The predicted octanol–water partition coefficient (Wildman–Crippen LogP) is 6.24. The van der Waals surface area contributed by atoms with Gasteiger partial charge in [0.2, 0.25) is 0 Å². The number of nitrogens with zero attached hydrogens (tertiary/aromatic N) is 2. The van der Waals surface area contributed by atoms with Crippen LogP contribution < -0.4 is 4.74 Å². The molecule has 1 N–H and O–H groups in total. The van der Waals surface area contributed by atoms with E-state index in [9.17, 15) is 9.59 Å². The molecule has 1 amide bonds. The first-order valence-corrected chi connectivity index (χ1v) is 11.7. The normalized spacial score (nSPS) is 15.8. The van der Waals surface area contributed by atoms with Gasteiger partial charge in [-0.2, -0.15) is 0 Å². The number of likely N-dealkylation sites (N-methyl/N-ethyl adjacent to an activating group) is 1. The Bertz CT molecular complexity index is 1290. The number of amidine groups is 1. The van der Waals surface area contributed by atoms with Crippen molar-refractivity contribution in [1.82, 2.24) is 4.90 Å². The van der Waals surface area contributed by atoms with Crippen LogP contribution in [0.4, 0.5) is 5.69 Å². The third kappa shape index (κ3) is 5.32. The summed E-state index contributed by atoms with van der Waals surface area (Å²) in [4.78, 5) is 30.8. The van der Waals surface area contributed by atoms with Crippen LogP contribution in [0.25, 0.3) is 6.08 Å². The number of para-hydroxylation sites is 1. The molecule has 0 bridgehead atoms. The van der Waals surface area contributed by atoms with Crippen molar-refractivity contribution >= 4 is 52.2 Å². The van der Waals surface area contributed by atoms with Crippen molar-refractivity contribution in [1.29, 1.82) is 0 Å². The summed E-state index contributed by atoms with van der Waals surface area (Å²) in [6, 6.07) is 21.2.